The summed E-state index contributed by atoms with van der Waals surface area (Å²) >= 11 is 0. The van der Waals surface area contributed by atoms with E-state index in [1.165, 1.54) is 0 Å². The fourth-order valence-corrected chi connectivity index (χ4v) is 2.44. The first-order valence-corrected chi connectivity index (χ1v) is 7.93. The third kappa shape index (κ3) is 5.59. The maximum atomic E-state index is 10.8. The van der Waals surface area contributed by atoms with Crippen molar-refractivity contribution < 1.29 is 13.2 Å². The van der Waals surface area contributed by atoms with Crippen molar-refractivity contribution in [3.8, 4) is 5.75 Å². The van der Waals surface area contributed by atoms with E-state index >= 15 is 0 Å². The molecule has 0 aromatic heterocycles. The van der Waals surface area contributed by atoms with Gasteiger partial charge in [-0.1, -0.05) is 17.7 Å². The third-order valence-corrected chi connectivity index (χ3v) is 3.77. The summed E-state index contributed by atoms with van der Waals surface area (Å²) < 4.78 is 27.0. The number of sulfonamides is 1. The number of aryl methyl sites for hydroxylation is 1. The molecule has 1 atom stereocenters. The van der Waals surface area contributed by atoms with E-state index in [1.807, 2.05) is 26.0 Å². The van der Waals surface area contributed by atoms with Gasteiger partial charge < -0.3 is 10.1 Å². The number of benzene rings is 1. The standard InChI is InChI=1S/C13H22N2O3S/c1-10-5-6-13(18-3)12(9-10)11(2)15-7-4-8-19(14,16)17/h5-6,9,11,15H,4,7-8H2,1-3H3,(H2,14,16,17). The second kappa shape index (κ2) is 6.88. The maximum absolute atomic E-state index is 10.8. The highest BCUT2D eigenvalue weighted by Gasteiger charge is 2.11. The summed E-state index contributed by atoms with van der Waals surface area (Å²) in [7, 11) is -1.73. The molecule has 108 valence electrons. The van der Waals surface area contributed by atoms with Gasteiger partial charge >= 0.3 is 0 Å². The van der Waals surface area contributed by atoms with Crippen molar-refractivity contribution in [1.82, 2.24) is 5.32 Å². The molecular formula is C13H22N2O3S. The van der Waals surface area contributed by atoms with Gasteiger partial charge in [-0.2, -0.15) is 0 Å². The Labute approximate surface area is 115 Å². The Balaban J connectivity index is 2.58. The number of hydrogen-bond acceptors (Lipinski definition) is 4. The molecule has 0 saturated carbocycles. The minimum atomic E-state index is -3.37. The molecule has 1 rings (SSSR count). The van der Waals surface area contributed by atoms with Crippen LogP contribution >= 0.6 is 0 Å². The minimum Gasteiger partial charge on any atom is -0.496 e. The molecule has 0 aliphatic carbocycles. The number of nitrogens with two attached hydrogens (primary N) is 1. The molecule has 3 N–H and O–H groups in total. The Hall–Kier alpha value is -1.11. The predicted octanol–water partition coefficient (Wildman–Crippen LogP) is 1.33. The molecular weight excluding hydrogens is 264 g/mol. The summed E-state index contributed by atoms with van der Waals surface area (Å²) in [6.07, 6.45) is 0.497. The van der Waals surface area contributed by atoms with Gasteiger partial charge in [-0.15, -0.1) is 0 Å². The number of hydrogen-bond donors (Lipinski definition) is 2. The molecule has 5 nitrogen and oxygen atoms in total. The zero-order chi connectivity index (χ0) is 14.5. The van der Waals surface area contributed by atoms with Gasteiger partial charge in [-0.3, -0.25) is 0 Å². The van der Waals surface area contributed by atoms with Gasteiger partial charge in [0.1, 0.15) is 5.75 Å². The smallest absolute Gasteiger partial charge is 0.209 e. The lowest BCUT2D eigenvalue weighted by Gasteiger charge is -2.17. The van der Waals surface area contributed by atoms with Crippen molar-refractivity contribution in [1.29, 1.82) is 0 Å². The number of methoxy groups -OCH3 is 1. The molecule has 0 spiro atoms. The van der Waals surface area contributed by atoms with E-state index in [0.717, 1.165) is 16.9 Å². The summed E-state index contributed by atoms with van der Waals surface area (Å²) in [5, 5.41) is 8.23. The lowest BCUT2D eigenvalue weighted by molar-refractivity contribution is 0.401. The maximum Gasteiger partial charge on any atom is 0.209 e. The lowest BCUT2D eigenvalue weighted by atomic mass is 10.0. The predicted molar refractivity (Wildman–Crippen MR) is 76.7 cm³/mol. The Kier molecular flexibility index (Phi) is 5.78. The summed E-state index contributed by atoms with van der Waals surface area (Å²) in [5.41, 5.74) is 2.23. The number of primary sulfonamides is 1. The van der Waals surface area contributed by atoms with Gasteiger partial charge in [0.05, 0.1) is 12.9 Å². The zero-order valence-electron chi connectivity index (χ0n) is 11.6. The molecule has 0 radical (unpaired) electrons. The average molecular weight is 286 g/mol. The molecule has 1 unspecified atom stereocenters. The van der Waals surface area contributed by atoms with Gasteiger partial charge in [-0.25, -0.2) is 13.6 Å². The first-order valence-electron chi connectivity index (χ1n) is 6.22. The number of rotatable bonds is 7. The molecule has 0 fully saturated rings. The van der Waals surface area contributed by atoms with Gasteiger partial charge in [0.15, 0.2) is 0 Å². The highest BCUT2D eigenvalue weighted by molar-refractivity contribution is 7.89. The van der Waals surface area contributed by atoms with Crippen molar-refractivity contribution in [2.75, 3.05) is 19.4 Å². The molecule has 0 bridgehead atoms. The summed E-state index contributed by atoms with van der Waals surface area (Å²) in [5.74, 6) is 0.828. The van der Waals surface area contributed by atoms with Gasteiger partial charge in [-0.05, 0) is 32.9 Å². The van der Waals surface area contributed by atoms with Crippen molar-refractivity contribution in [3.05, 3.63) is 29.3 Å². The van der Waals surface area contributed by atoms with Crippen molar-refractivity contribution in [2.24, 2.45) is 5.14 Å². The van der Waals surface area contributed by atoms with Crippen molar-refractivity contribution >= 4 is 10.0 Å². The van der Waals surface area contributed by atoms with Crippen LogP contribution < -0.4 is 15.2 Å². The van der Waals surface area contributed by atoms with E-state index in [4.69, 9.17) is 9.88 Å². The van der Waals surface area contributed by atoms with Crippen LogP contribution in [0.3, 0.4) is 0 Å². The van der Waals surface area contributed by atoms with Crippen LogP contribution in [0, 0.1) is 6.92 Å². The highest BCUT2D eigenvalue weighted by Crippen LogP contribution is 2.25. The van der Waals surface area contributed by atoms with Crippen LogP contribution in [0.2, 0.25) is 0 Å². The molecule has 19 heavy (non-hydrogen) atoms. The van der Waals surface area contributed by atoms with E-state index in [9.17, 15) is 8.42 Å². The molecule has 1 aromatic rings. The summed E-state index contributed by atoms with van der Waals surface area (Å²) in [6, 6.07) is 6.09. The third-order valence-electron chi connectivity index (χ3n) is 2.91. The second-order valence-electron chi connectivity index (χ2n) is 4.64. The molecule has 1 aromatic carbocycles. The van der Waals surface area contributed by atoms with Crippen molar-refractivity contribution in [2.45, 2.75) is 26.3 Å². The summed E-state index contributed by atoms with van der Waals surface area (Å²) in [6.45, 7) is 4.64. The van der Waals surface area contributed by atoms with Gasteiger partial charge in [0.2, 0.25) is 10.0 Å². The SMILES string of the molecule is COc1ccc(C)cc1C(C)NCCCS(N)(=O)=O. The lowest BCUT2D eigenvalue weighted by Crippen LogP contribution is -2.24. The zero-order valence-corrected chi connectivity index (χ0v) is 12.5. The van der Waals surface area contributed by atoms with Crippen molar-refractivity contribution in [3.63, 3.8) is 0 Å². The molecule has 0 aliphatic rings. The first kappa shape index (κ1) is 15.9. The molecule has 0 heterocycles. The van der Waals surface area contributed by atoms with Crippen LogP contribution in [0.15, 0.2) is 18.2 Å². The molecule has 0 amide bonds. The Morgan fingerprint density at radius 1 is 1.42 bits per heavy atom. The largest absolute Gasteiger partial charge is 0.496 e. The quantitative estimate of drug-likeness (QED) is 0.741. The Bertz CT molecular complexity index is 515. The normalized spacial score (nSPS) is 13.3. The van der Waals surface area contributed by atoms with E-state index in [-0.39, 0.29) is 11.8 Å². The fraction of sp³-hybridized carbons (Fsp3) is 0.538. The Morgan fingerprint density at radius 3 is 2.68 bits per heavy atom. The first-order chi connectivity index (χ1) is 8.83. The number of ether oxygens (including phenoxy) is 1. The van der Waals surface area contributed by atoms with E-state index in [2.05, 4.69) is 11.4 Å². The van der Waals surface area contributed by atoms with Crippen LogP contribution in [0.4, 0.5) is 0 Å². The van der Waals surface area contributed by atoms with E-state index < -0.39 is 10.0 Å². The van der Waals surface area contributed by atoms with Crippen LogP contribution in [0.25, 0.3) is 0 Å². The molecule has 6 heteroatoms. The minimum absolute atomic E-state index is 0.00231. The van der Waals surface area contributed by atoms with Gasteiger partial charge in [0.25, 0.3) is 0 Å². The molecule has 0 saturated heterocycles. The average Bonchev–Trinajstić information content (AvgIpc) is 2.33. The molecule has 0 aliphatic heterocycles. The summed E-state index contributed by atoms with van der Waals surface area (Å²) in [4.78, 5) is 0. The monoisotopic (exact) mass is 286 g/mol. The van der Waals surface area contributed by atoms with Gasteiger partial charge in [0, 0.05) is 11.6 Å². The van der Waals surface area contributed by atoms with Crippen LogP contribution in [0.5, 0.6) is 5.75 Å². The van der Waals surface area contributed by atoms with Crippen LogP contribution in [-0.2, 0) is 10.0 Å². The Morgan fingerprint density at radius 2 is 2.11 bits per heavy atom. The van der Waals surface area contributed by atoms with E-state index in [0.29, 0.717) is 13.0 Å². The topological polar surface area (TPSA) is 81.4 Å². The number of nitrogens with one attached hydrogen (secondary N) is 1. The second-order valence-corrected chi connectivity index (χ2v) is 6.38. The van der Waals surface area contributed by atoms with Crippen LogP contribution in [0.1, 0.15) is 30.5 Å². The van der Waals surface area contributed by atoms with E-state index in [1.54, 1.807) is 7.11 Å². The van der Waals surface area contributed by atoms with Crippen LogP contribution in [-0.4, -0.2) is 27.8 Å². The highest BCUT2D eigenvalue weighted by atomic mass is 32.2. The fourth-order valence-electron chi connectivity index (χ4n) is 1.89.